The van der Waals surface area contributed by atoms with Crippen LogP contribution in [0.2, 0.25) is 5.15 Å². The van der Waals surface area contributed by atoms with Crippen LogP contribution in [-0.4, -0.2) is 42.6 Å². The van der Waals surface area contributed by atoms with Gasteiger partial charge in [0.15, 0.2) is 0 Å². The summed E-state index contributed by atoms with van der Waals surface area (Å²) in [6, 6.07) is 11.9. The number of hydrogen-bond donors (Lipinski definition) is 0. The Morgan fingerprint density at radius 2 is 1.91 bits per heavy atom. The van der Waals surface area contributed by atoms with Crippen molar-refractivity contribution in [2.24, 2.45) is 0 Å². The van der Waals surface area contributed by atoms with Crippen LogP contribution in [0.5, 0.6) is 0 Å². The van der Waals surface area contributed by atoms with Crippen molar-refractivity contribution in [2.45, 2.75) is 18.4 Å². The maximum Gasteiger partial charge on any atom is 0.331 e. The molecule has 0 atom stereocenters. The first kappa shape index (κ1) is 23.6. The lowest BCUT2D eigenvalue weighted by Crippen LogP contribution is -2.22. The third kappa shape index (κ3) is 5.24. The zero-order valence-electron chi connectivity index (χ0n) is 17.6. The molecule has 0 amide bonds. The second-order valence-corrected chi connectivity index (χ2v) is 9.56. The van der Waals surface area contributed by atoms with Crippen molar-refractivity contribution in [3.8, 4) is 5.69 Å². The highest BCUT2D eigenvalue weighted by molar-refractivity contribution is 7.89. The number of esters is 1. The molecule has 0 radical (unpaired) electrons. The summed E-state index contributed by atoms with van der Waals surface area (Å²) >= 11 is 6.39. The van der Waals surface area contributed by atoms with Crippen LogP contribution in [0.25, 0.3) is 11.8 Å². The Labute approximate surface area is 190 Å². The SMILES string of the molecule is Cc1nn(-c2ccc(F)cc2)c(Cl)c1/C=C/C(=O)OCc1cccc(S(=O)(=O)N(C)C)c1. The highest BCUT2D eigenvalue weighted by Gasteiger charge is 2.17. The molecule has 7 nitrogen and oxygen atoms in total. The zero-order valence-corrected chi connectivity index (χ0v) is 19.2. The van der Waals surface area contributed by atoms with Crippen LogP contribution in [0.3, 0.4) is 0 Å². The molecule has 168 valence electrons. The topological polar surface area (TPSA) is 81.5 Å². The molecule has 0 N–H and O–H groups in total. The van der Waals surface area contributed by atoms with E-state index in [1.807, 2.05) is 0 Å². The molecule has 0 aliphatic rings. The molecule has 10 heteroatoms. The molecule has 0 unspecified atom stereocenters. The molecule has 32 heavy (non-hydrogen) atoms. The second kappa shape index (κ2) is 9.64. The number of benzene rings is 2. The number of ether oxygens (including phenoxy) is 1. The summed E-state index contributed by atoms with van der Waals surface area (Å²) in [5.74, 6) is -1.00. The third-order valence-corrected chi connectivity index (χ3v) is 6.74. The molecule has 1 heterocycles. The largest absolute Gasteiger partial charge is 0.458 e. The van der Waals surface area contributed by atoms with Crippen molar-refractivity contribution in [3.05, 3.63) is 82.4 Å². The maximum atomic E-state index is 13.2. The van der Waals surface area contributed by atoms with E-state index in [2.05, 4.69) is 5.10 Å². The van der Waals surface area contributed by atoms with E-state index < -0.39 is 16.0 Å². The first-order valence-electron chi connectivity index (χ1n) is 9.47. The molecule has 0 bridgehead atoms. The van der Waals surface area contributed by atoms with Gasteiger partial charge >= 0.3 is 5.97 Å². The number of aryl methyl sites for hydroxylation is 1. The van der Waals surface area contributed by atoms with E-state index in [0.29, 0.717) is 22.5 Å². The average Bonchev–Trinajstić information content (AvgIpc) is 3.04. The predicted molar refractivity (Wildman–Crippen MR) is 119 cm³/mol. The van der Waals surface area contributed by atoms with Gasteiger partial charge in [-0.3, -0.25) is 0 Å². The second-order valence-electron chi connectivity index (χ2n) is 7.05. The smallest absolute Gasteiger partial charge is 0.331 e. The lowest BCUT2D eigenvalue weighted by atomic mass is 10.2. The number of rotatable bonds is 7. The minimum Gasteiger partial charge on any atom is -0.458 e. The predicted octanol–water partition coefficient (Wildman–Crippen LogP) is 3.98. The van der Waals surface area contributed by atoms with Gasteiger partial charge in [-0.1, -0.05) is 23.7 Å². The standard InChI is InChI=1S/C22H21ClFN3O4S/c1-15-20(22(23)27(25-15)18-9-7-17(24)8-10-18)11-12-21(28)31-14-16-5-4-6-19(13-16)32(29,30)26(2)3/h4-13H,14H2,1-3H3/b12-11+. The molecule has 1 aromatic heterocycles. The molecule has 0 saturated heterocycles. The van der Waals surface area contributed by atoms with Crippen molar-refractivity contribution in [1.82, 2.24) is 14.1 Å². The molecule has 0 saturated carbocycles. The average molecular weight is 478 g/mol. The molecule has 0 aliphatic heterocycles. The van der Waals surface area contributed by atoms with Gasteiger partial charge in [-0.25, -0.2) is 26.6 Å². The fourth-order valence-corrected chi connectivity index (χ4v) is 4.12. The van der Waals surface area contributed by atoms with Crippen LogP contribution in [0.15, 0.2) is 59.5 Å². The van der Waals surface area contributed by atoms with Gasteiger partial charge in [0.05, 0.1) is 16.3 Å². The van der Waals surface area contributed by atoms with E-state index in [0.717, 1.165) is 4.31 Å². The molecule has 0 spiro atoms. The summed E-state index contributed by atoms with van der Waals surface area (Å²) in [6.07, 6.45) is 2.70. The quantitative estimate of drug-likeness (QED) is 0.380. The zero-order chi connectivity index (χ0) is 23.5. The number of sulfonamides is 1. The molecular formula is C22H21ClFN3O4S. The number of nitrogens with zero attached hydrogens (tertiary/aromatic N) is 3. The van der Waals surface area contributed by atoms with Crippen molar-refractivity contribution in [1.29, 1.82) is 0 Å². The van der Waals surface area contributed by atoms with E-state index in [1.54, 1.807) is 31.2 Å². The van der Waals surface area contributed by atoms with Gasteiger partial charge < -0.3 is 4.74 Å². The van der Waals surface area contributed by atoms with Gasteiger partial charge in [-0.05, 0) is 55.0 Å². The van der Waals surface area contributed by atoms with Crippen LogP contribution >= 0.6 is 11.6 Å². The number of carbonyl (C=O) groups is 1. The van der Waals surface area contributed by atoms with Crippen LogP contribution in [-0.2, 0) is 26.2 Å². The van der Waals surface area contributed by atoms with Gasteiger partial charge in [0.1, 0.15) is 17.6 Å². The van der Waals surface area contributed by atoms with E-state index in [9.17, 15) is 17.6 Å². The molecule has 0 fully saturated rings. The Kier molecular flexibility index (Phi) is 7.12. The lowest BCUT2D eigenvalue weighted by molar-refractivity contribution is -0.138. The lowest BCUT2D eigenvalue weighted by Gasteiger charge is -2.12. The fraction of sp³-hybridized carbons (Fsp3) is 0.182. The van der Waals surface area contributed by atoms with Crippen LogP contribution in [0.4, 0.5) is 4.39 Å². The molecule has 0 aliphatic carbocycles. The Morgan fingerprint density at radius 3 is 2.56 bits per heavy atom. The van der Waals surface area contributed by atoms with Gasteiger partial charge in [0.2, 0.25) is 10.0 Å². The summed E-state index contributed by atoms with van der Waals surface area (Å²) in [5.41, 5.74) is 2.21. The van der Waals surface area contributed by atoms with Crippen molar-refractivity contribution in [2.75, 3.05) is 14.1 Å². The van der Waals surface area contributed by atoms with Gasteiger partial charge in [0, 0.05) is 25.7 Å². The first-order chi connectivity index (χ1) is 15.1. The summed E-state index contributed by atoms with van der Waals surface area (Å²) < 4.78 is 45.4. The summed E-state index contributed by atoms with van der Waals surface area (Å²) in [7, 11) is -0.697. The highest BCUT2D eigenvalue weighted by atomic mass is 35.5. The number of aromatic nitrogens is 2. The van der Waals surface area contributed by atoms with E-state index in [-0.39, 0.29) is 22.5 Å². The normalized spacial score (nSPS) is 11.9. The van der Waals surface area contributed by atoms with Crippen molar-refractivity contribution >= 4 is 33.7 Å². The Balaban J connectivity index is 1.70. The van der Waals surface area contributed by atoms with Crippen LogP contribution in [0, 0.1) is 12.7 Å². The highest BCUT2D eigenvalue weighted by Crippen LogP contribution is 2.25. The monoisotopic (exact) mass is 477 g/mol. The van der Waals surface area contributed by atoms with Gasteiger partial charge in [-0.2, -0.15) is 5.10 Å². The minimum atomic E-state index is -3.58. The number of hydrogen-bond acceptors (Lipinski definition) is 5. The van der Waals surface area contributed by atoms with Crippen LogP contribution < -0.4 is 0 Å². The maximum absolute atomic E-state index is 13.2. The summed E-state index contributed by atoms with van der Waals surface area (Å²) in [4.78, 5) is 12.3. The van der Waals surface area contributed by atoms with E-state index in [4.69, 9.17) is 16.3 Å². The van der Waals surface area contributed by atoms with Gasteiger partial charge in [-0.15, -0.1) is 0 Å². The summed E-state index contributed by atoms with van der Waals surface area (Å²) in [6.45, 7) is 1.63. The van der Waals surface area contributed by atoms with Crippen molar-refractivity contribution in [3.63, 3.8) is 0 Å². The molecule has 2 aromatic carbocycles. The molecular weight excluding hydrogens is 457 g/mol. The first-order valence-corrected chi connectivity index (χ1v) is 11.3. The minimum absolute atomic E-state index is 0.0957. The molecule has 3 rings (SSSR count). The third-order valence-electron chi connectivity index (χ3n) is 4.56. The Bertz CT molecular complexity index is 1270. The van der Waals surface area contributed by atoms with E-state index in [1.165, 1.54) is 55.2 Å². The van der Waals surface area contributed by atoms with Gasteiger partial charge in [0.25, 0.3) is 0 Å². The fourth-order valence-electron chi connectivity index (χ4n) is 2.81. The van der Waals surface area contributed by atoms with E-state index >= 15 is 0 Å². The number of halogens is 2. The van der Waals surface area contributed by atoms with Crippen LogP contribution in [0.1, 0.15) is 16.8 Å². The van der Waals surface area contributed by atoms with Crippen molar-refractivity contribution < 1.29 is 22.3 Å². The Morgan fingerprint density at radius 1 is 1.22 bits per heavy atom. The molecule has 3 aromatic rings. The Hall–Kier alpha value is -3.01. The number of carbonyl (C=O) groups excluding carboxylic acids is 1. The summed E-state index contributed by atoms with van der Waals surface area (Å²) in [5, 5.41) is 4.59.